The zero-order chi connectivity index (χ0) is 25.4. The summed E-state index contributed by atoms with van der Waals surface area (Å²) in [7, 11) is 0. The third-order valence-corrected chi connectivity index (χ3v) is 6.92. The molecule has 36 heavy (non-hydrogen) atoms. The van der Waals surface area contributed by atoms with Crippen molar-refractivity contribution in [1.82, 2.24) is 24.5 Å². The van der Waals surface area contributed by atoms with Crippen molar-refractivity contribution in [3.8, 4) is 11.3 Å². The molecule has 1 aliphatic rings. The Hall–Kier alpha value is -3.46. The first kappa shape index (κ1) is 24.2. The van der Waals surface area contributed by atoms with Crippen molar-refractivity contribution in [2.45, 2.75) is 65.0 Å². The fraction of sp³-hybridized carbons (Fsp3) is 0.407. The highest BCUT2D eigenvalue weighted by Gasteiger charge is 2.23. The van der Waals surface area contributed by atoms with Gasteiger partial charge in [0.25, 0.3) is 0 Å². The molecule has 0 aliphatic heterocycles. The summed E-state index contributed by atoms with van der Waals surface area (Å²) in [5.74, 6) is 0.341. The number of nitrogens with zero attached hydrogens (tertiary/aromatic N) is 5. The van der Waals surface area contributed by atoms with Gasteiger partial charge in [0.05, 0.1) is 17.8 Å². The fourth-order valence-corrected chi connectivity index (χ4v) is 5.18. The summed E-state index contributed by atoms with van der Waals surface area (Å²) in [6.07, 6.45) is 7.74. The molecule has 0 unspecified atom stereocenters. The van der Waals surface area contributed by atoms with Crippen molar-refractivity contribution in [1.29, 1.82) is 0 Å². The Kier molecular flexibility index (Phi) is 6.66. The van der Waals surface area contributed by atoms with Crippen LogP contribution in [0.5, 0.6) is 0 Å². The van der Waals surface area contributed by atoms with E-state index in [4.69, 9.17) is 0 Å². The smallest absolute Gasteiger partial charge is 0.229 e. The van der Waals surface area contributed by atoms with Crippen molar-refractivity contribution in [2.75, 3.05) is 5.32 Å². The summed E-state index contributed by atoms with van der Waals surface area (Å²) in [4.78, 5) is 17.1. The molecule has 1 aromatic carbocycles. The summed E-state index contributed by atoms with van der Waals surface area (Å²) < 4.78 is 31.6. The number of fused-ring (bicyclic) bond motifs is 1. The van der Waals surface area contributed by atoms with Gasteiger partial charge in [0.15, 0.2) is 11.6 Å². The van der Waals surface area contributed by atoms with Gasteiger partial charge in [-0.05, 0) is 63.3 Å². The lowest BCUT2D eigenvalue weighted by Crippen LogP contribution is -2.16. The first-order valence-electron chi connectivity index (χ1n) is 12.4. The minimum atomic E-state index is -0.662. The summed E-state index contributed by atoms with van der Waals surface area (Å²) in [6.45, 7) is 5.79. The van der Waals surface area contributed by atoms with Gasteiger partial charge in [-0.2, -0.15) is 0 Å². The van der Waals surface area contributed by atoms with Crippen LogP contribution in [-0.4, -0.2) is 29.6 Å². The zero-order valence-corrected chi connectivity index (χ0v) is 20.7. The van der Waals surface area contributed by atoms with Gasteiger partial charge in [0.1, 0.15) is 22.9 Å². The van der Waals surface area contributed by atoms with E-state index in [1.54, 1.807) is 18.3 Å². The minimum Gasteiger partial charge on any atom is -0.388 e. The number of anilines is 2. The monoisotopic (exact) mass is 492 g/mol. The van der Waals surface area contributed by atoms with Crippen molar-refractivity contribution in [3.05, 3.63) is 59.7 Å². The molecule has 0 radical (unpaired) electrons. The average molecular weight is 493 g/mol. The molecule has 5 rings (SSSR count). The first-order valence-corrected chi connectivity index (χ1v) is 12.4. The van der Waals surface area contributed by atoms with Crippen LogP contribution >= 0.6 is 0 Å². The SMILES string of the molecule is Cc1nc2c(F)cc(-c3nc(Nc4ccc([C@H](O)C5CCCCC5)cn4)ncc3F)cc2n1C(C)C. The number of aliphatic hydroxyl groups excluding tert-OH is 1. The van der Waals surface area contributed by atoms with E-state index in [0.29, 0.717) is 22.7 Å². The molecule has 0 spiro atoms. The van der Waals surface area contributed by atoms with Crippen LogP contribution in [0.3, 0.4) is 0 Å². The highest BCUT2D eigenvalue weighted by molar-refractivity contribution is 5.83. The lowest BCUT2D eigenvalue weighted by Gasteiger charge is -2.26. The molecule has 3 heterocycles. The molecule has 0 saturated heterocycles. The molecule has 3 aromatic heterocycles. The van der Waals surface area contributed by atoms with E-state index in [2.05, 4.69) is 25.3 Å². The van der Waals surface area contributed by atoms with E-state index in [1.807, 2.05) is 31.4 Å². The summed E-state index contributed by atoms with van der Waals surface area (Å²) >= 11 is 0. The average Bonchev–Trinajstić information content (AvgIpc) is 3.22. The van der Waals surface area contributed by atoms with Crippen LogP contribution in [0.1, 0.15) is 69.5 Å². The third-order valence-electron chi connectivity index (χ3n) is 6.92. The summed E-state index contributed by atoms with van der Waals surface area (Å²) in [5, 5.41) is 13.7. The number of pyridine rings is 1. The largest absolute Gasteiger partial charge is 0.388 e. The van der Waals surface area contributed by atoms with Crippen LogP contribution in [0.2, 0.25) is 0 Å². The Morgan fingerprint density at radius 3 is 2.47 bits per heavy atom. The summed E-state index contributed by atoms with van der Waals surface area (Å²) in [6, 6.07) is 6.57. The number of imidazole rings is 1. The quantitative estimate of drug-likeness (QED) is 0.323. The van der Waals surface area contributed by atoms with Crippen molar-refractivity contribution >= 4 is 22.8 Å². The molecule has 1 atom stereocenters. The van der Waals surface area contributed by atoms with E-state index in [9.17, 15) is 13.9 Å². The molecule has 0 bridgehead atoms. The Bertz CT molecular complexity index is 1380. The lowest BCUT2D eigenvalue weighted by molar-refractivity contribution is 0.0846. The Morgan fingerprint density at radius 2 is 1.78 bits per heavy atom. The number of halogens is 2. The third kappa shape index (κ3) is 4.67. The molecular formula is C27H30F2N6O. The van der Waals surface area contributed by atoms with Gasteiger partial charge in [-0.25, -0.2) is 28.7 Å². The maximum Gasteiger partial charge on any atom is 0.229 e. The highest BCUT2D eigenvalue weighted by atomic mass is 19.1. The minimum absolute atomic E-state index is 0.0215. The van der Waals surface area contributed by atoms with Crippen LogP contribution in [0.15, 0.2) is 36.7 Å². The van der Waals surface area contributed by atoms with Crippen molar-refractivity contribution in [3.63, 3.8) is 0 Å². The molecule has 1 saturated carbocycles. The van der Waals surface area contributed by atoms with Crippen molar-refractivity contribution in [2.24, 2.45) is 5.92 Å². The standard InChI is InChI=1S/C27H30F2N6O/c1-15(2)35-16(3)32-25-20(28)11-19(12-22(25)35)24-21(29)14-31-27(34-24)33-23-10-9-18(13-30-23)26(36)17-7-5-4-6-8-17/h9-15,17,26,36H,4-8H2,1-3H3,(H,30,31,33,34)/t26-/m1/s1. The molecule has 0 amide bonds. The van der Waals surface area contributed by atoms with E-state index in [1.165, 1.54) is 12.5 Å². The second-order valence-electron chi connectivity index (χ2n) is 9.78. The van der Waals surface area contributed by atoms with Gasteiger partial charge in [-0.3, -0.25) is 0 Å². The lowest BCUT2D eigenvalue weighted by atomic mass is 9.83. The number of rotatable bonds is 6. The van der Waals surface area contributed by atoms with E-state index in [-0.39, 0.29) is 29.1 Å². The molecule has 1 aliphatic carbocycles. The maximum atomic E-state index is 14.9. The molecule has 7 nitrogen and oxygen atoms in total. The van der Waals surface area contributed by atoms with Crippen LogP contribution in [0, 0.1) is 24.5 Å². The molecular weight excluding hydrogens is 462 g/mol. The molecule has 2 N–H and O–H groups in total. The van der Waals surface area contributed by atoms with Crippen LogP contribution in [-0.2, 0) is 0 Å². The molecule has 1 fully saturated rings. The number of benzene rings is 1. The first-order chi connectivity index (χ1) is 17.3. The number of hydrogen-bond acceptors (Lipinski definition) is 6. The molecule has 9 heteroatoms. The molecule has 188 valence electrons. The van der Waals surface area contributed by atoms with Gasteiger partial charge < -0.3 is 15.0 Å². The maximum absolute atomic E-state index is 14.9. The van der Waals surface area contributed by atoms with E-state index in [0.717, 1.165) is 37.4 Å². The van der Waals surface area contributed by atoms with Crippen molar-refractivity contribution < 1.29 is 13.9 Å². The van der Waals surface area contributed by atoms with Gasteiger partial charge in [0, 0.05) is 17.8 Å². The highest BCUT2D eigenvalue weighted by Crippen LogP contribution is 2.34. The summed E-state index contributed by atoms with van der Waals surface area (Å²) in [5.41, 5.74) is 1.88. The number of aryl methyl sites for hydroxylation is 1. The number of aliphatic hydroxyl groups is 1. The van der Waals surface area contributed by atoms with Gasteiger partial charge in [0.2, 0.25) is 5.95 Å². The normalized spacial score (nSPS) is 15.5. The molecule has 4 aromatic rings. The predicted octanol–water partition coefficient (Wildman–Crippen LogP) is 6.41. The van der Waals surface area contributed by atoms with E-state index < -0.39 is 17.7 Å². The number of aromatic nitrogens is 5. The topological polar surface area (TPSA) is 88.8 Å². The predicted molar refractivity (Wildman–Crippen MR) is 135 cm³/mol. The number of hydrogen-bond donors (Lipinski definition) is 2. The van der Waals surface area contributed by atoms with Gasteiger partial charge >= 0.3 is 0 Å². The van der Waals surface area contributed by atoms with Crippen LogP contribution in [0.25, 0.3) is 22.3 Å². The fourth-order valence-electron chi connectivity index (χ4n) is 5.18. The van der Waals surface area contributed by atoms with Crippen LogP contribution in [0.4, 0.5) is 20.5 Å². The van der Waals surface area contributed by atoms with Gasteiger partial charge in [-0.1, -0.05) is 25.3 Å². The van der Waals surface area contributed by atoms with Crippen LogP contribution < -0.4 is 5.32 Å². The van der Waals surface area contributed by atoms with E-state index >= 15 is 0 Å². The Morgan fingerprint density at radius 1 is 1.00 bits per heavy atom. The van der Waals surface area contributed by atoms with Gasteiger partial charge in [-0.15, -0.1) is 0 Å². The number of nitrogens with one attached hydrogen (secondary N) is 1. The second-order valence-corrected chi connectivity index (χ2v) is 9.78. The Balaban J connectivity index is 1.41. The Labute approximate surface area is 208 Å². The second kappa shape index (κ2) is 9.89. The zero-order valence-electron chi connectivity index (χ0n) is 20.7.